The zero-order valence-corrected chi connectivity index (χ0v) is 17.0. The standard InChI is InChI=1S/C19H18N6O2S2/c26-29(27)9-6-25(7-10-29)15-3-1-14(2-4-15)21-19-17-16(11-20-24-17)22-18(23-19)13-5-8-28-12-13/h1-5,8,11-12H,6-7,9-10H2,(H,20,24)(H,21,22,23). The maximum absolute atomic E-state index is 11.6. The summed E-state index contributed by atoms with van der Waals surface area (Å²) in [6.07, 6.45) is 1.69. The summed E-state index contributed by atoms with van der Waals surface area (Å²) in [5, 5.41) is 14.4. The SMILES string of the molecule is O=S1(=O)CCN(c2ccc(Nc3nc(-c4ccsc4)nc4cn[nH]c34)cc2)CC1. The highest BCUT2D eigenvalue weighted by atomic mass is 32.2. The highest BCUT2D eigenvalue weighted by Crippen LogP contribution is 2.28. The molecule has 5 rings (SSSR count). The normalized spacial score (nSPS) is 16.2. The first-order valence-electron chi connectivity index (χ1n) is 9.14. The van der Waals surface area contributed by atoms with Crippen LogP contribution in [0, 0.1) is 0 Å². The van der Waals surface area contributed by atoms with Crippen LogP contribution in [0.15, 0.2) is 47.3 Å². The number of nitrogens with zero attached hydrogens (tertiary/aromatic N) is 4. The van der Waals surface area contributed by atoms with E-state index < -0.39 is 9.84 Å². The number of H-pyrrole nitrogens is 1. The van der Waals surface area contributed by atoms with Crippen LogP contribution in [-0.2, 0) is 9.84 Å². The molecule has 0 amide bonds. The van der Waals surface area contributed by atoms with Gasteiger partial charge in [-0.25, -0.2) is 18.4 Å². The molecule has 4 heterocycles. The van der Waals surface area contributed by atoms with Crippen LogP contribution < -0.4 is 10.2 Å². The van der Waals surface area contributed by atoms with Gasteiger partial charge < -0.3 is 10.2 Å². The molecule has 1 aliphatic heterocycles. The Bertz CT molecular complexity index is 1240. The second-order valence-electron chi connectivity index (χ2n) is 6.85. The lowest BCUT2D eigenvalue weighted by molar-refractivity contribution is 0.587. The molecule has 0 unspecified atom stereocenters. The molecule has 148 valence electrons. The molecule has 0 atom stereocenters. The van der Waals surface area contributed by atoms with Crippen LogP contribution in [0.5, 0.6) is 0 Å². The van der Waals surface area contributed by atoms with Crippen LogP contribution in [0.2, 0.25) is 0 Å². The molecule has 8 nitrogen and oxygen atoms in total. The summed E-state index contributed by atoms with van der Waals surface area (Å²) in [5.41, 5.74) is 4.35. The van der Waals surface area contributed by atoms with Crippen molar-refractivity contribution in [1.82, 2.24) is 20.2 Å². The number of rotatable bonds is 4. The van der Waals surface area contributed by atoms with Crippen molar-refractivity contribution in [3.05, 3.63) is 47.3 Å². The Kier molecular flexibility index (Phi) is 4.44. The lowest BCUT2D eigenvalue weighted by Crippen LogP contribution is -2.40. The fourth-order valence-electron chi connectivity index (χ4n) is 3.31. The molecule has 0 radical (unpaired) electrons. The van der Waals surface area contributed by atoms with Gasteiger partial charge in [0.25, 0.3) is 0 Å². The number of aromatic amines is 1. The van der Waals surface area contributed by atoms with Crippen molar-refractivity contribution < 1.29 is 8.42 Å². The molecule has 2 N–H and O–H groups in total. The minimum atomic E-state index is -2.89. The van der Waals surface area contributed by atoms with Gasteiger partial charge in [0.1, 0.15) is 11.0 Å². The second kappa shape index (κ2) is 7.12. The van der Waals surface area contributed by atoms with Gasteiger partial charge in [-0.15, -0.1) is 0 Å². The van der Waals surface area contributed by atoms with E-state index in [4.69, 9.17) is 0 Å². The van der Waals surface area contributed by atoms with Gasteiger partial charge in [-0.2, -0.15) is 16.4 Å². The molecular formula is C19H18N6O2S2. The van der Waals surface area contributed by atoms with Crippen molar-refractivity contribution in [3.63, 3.8) is 0 Å². The molecule has 1 saturated heterocycles. The smallest absolute Gasteiger partial charge is 0.163 e. The number of fused-ring (bicyclic) bond motifs is 1. The largest absolute Gasteiger partial charge is 0.369 e. The quantitative estimate of drug-likeness (QED) is 0.517. The van der Waals surface area contributed by atoms with Crippen molar-refractivity contribution >= 4 is 49.4 Å². The second-order valence-corrected chi connectivity index (χ2v) is 9.93. The molecule has 0 spiro atoms. The molecule has 0 bridgehead atoms. The van der Waals surface area contributed by atoms with Gasteiger partial charge in [0.15, 0.2) is 21.5 Å². The molecule has 29 heavy (non-hydrogen) atoms. The summed E-state index contributed by atoms with van der Waals surface area (Å²) < 4.78 is 23.3. The van der Waals surface area contributed by atoms with Gasteiger partial charge in [-0.05, 0) is 35.7 Å². The van der Waals surface area contributed by atoms with Gasteiger partial charge in [-0.3, -0.25) is 5.10 Å². The average molecular weight is 427 g/mol. The summed E-state index contributed by atoms with van der Waals surface area (Å²) in [7, 11) is -2.89. The highest BCUT2D eigenvalue weighted by molar-refractivity contribution is 7.91. The predicted molar refractivity (Wildman–Crippen MR) is 116 cm³/mol. The van der Waals surface area contributed by atoms with Gasteiger partial charge in [0.2, 0.25) is 0 Å². The summed E-state index contributed by atoms with van der Waals surface area (Å²) in [6.45, 7) is 1.06. The highest BCUT2D eigenvalue weighted by Gasteiger charge is 2.21. The van der Waals surface area contributed by atoms with E-state index >= 15 is 0 Å². The lowest BCUT2D eigenvalue weighted by atomic mass is 10.2. The molecular weight excluding hydrogens is 408 g/mol. The minimum absolute atomic E-state index is 0.205. The number of benzene rings is 1. The number of hydrogen-bond acceptors (Lipinski definition) is 8. The van der Waals surface area contributed by atoms with Crippen molar-refractivity contribution in [3.8, 4) is 11.4 Å². The Morgan fingerprint density at radius 2 is 1.86 bits per heavy atom. The van der Waals surface area contributed by atoms with Crippen LogP contribution in [-0.4, -0.2) is 53.2 Å². The molecule has 0 aliphatic carbocycles. The average Bonchev–Trinajstić information content (AvgIpc) is 3.41. The first kappa shape index (κ1) is 18.1. The Morgan fingerprint density at radius 3 is 2.59 bits per heavy atom. The zero-order valence-electron chi connectivity index (χ0n) is 15.4. The van der Waals surface area contributed by atoms with Crippen LogP contribution in [0.25, 0.3) is 22.4 Å². The van der Waals surface area contributed by atoms with Crippen molar-refractivity contribution in [2.24, 2.45) is 0 Å². The van der Waals surface area contributed by atoms with E-state index in [9.17, 15) is 8.42 Å². The van der Waals surface area contributed by atoms with Crippen LogP contribution in [0.1, 0.15) is 0 Å². The molecule has 3 aromatic heterocycles. The van der Waals surface area contributed by atoms with Crippen LogP contribution in [0.4, 0.5) is 17.2 Å². The maximum atomic E-state index is 11.6. The molecule has 0 saturated carbocycles. The molecule has 4 aromatic rings. The molecule has 1 aromatic carbocycles. The Hall–Kier alpha value is -2.98. The number of thiophene rings is 1. The molecule has 1 fully saturated rings. The third-order valence-electron chi connectivity index (χ3n) is 4.92. The van der Waals surface area contributed by atoms with E-state index in [1.165, 1.54) is 0 Å². The van der Waals surface area contributed by atoms with E-state index in [0.717, 1.165) is 28.0 Å². The number of hydrogen-bond donors (Lipinski definition) is 2. The first-order chi connectivity index (χ1) is 14.1. The Labute approximate surface area is 171 Å². The lowest BCUT2D eigenvalue weighted by Gasteiger charge is -2.28. The fourth-order valence-corrected chi connectivity index (χ4v) is 5.15. The third kappa shape index (κ3) is 3.68. The topological polar surface area (TPSA) is 104 Å². The molecule has 1 aliphatic rings. The van der Waals surface area contributed by atoms with Gasteiger partial charge in [0.05, 0.1) is 17.7 Å². The van der Waals surface area contributed by atoms with Gasteiger partial charge in [-0.1, -0.05) is 0 Å². The van der Waals surface area contributed by atoms with Crippen molar-refractivity contribution in [2.75, 3.05) is 34.8 Å². The first-order valence-corrected chi connectivity index (χ1v) is 11.9. The summed E-state index contributed by atoms with van der Waals surface area (Å²) in [4.78, 5) is 11.3. The predicted octanol–water partition coefficient (Wildman–Crippen LogP) is 3.06. The van der Waals surface area contributed by atoms with E-state index in [1.54, 1.807) is 17.5 Å². The van der Waals surface area contributed by atoms with Crippen molar-refractivity contribution in [2.45, 2.75) is 0 Å². The van der Waals surface area contributed by atoms with Crippen LogP contribution >= 0.6 is 11.3 Å². The number of aromatic nitrogens is 4. The van der Waals surface area contributed by atoms with E-state index in [1.807, 2.05) is 41.1 Å². The Balaban J connectivity index is 1.40. The number of nitrogens with one attached hydrogen (secondary N) is 2. The maximum Gasteiger partial charge on any atom is 0.163 e. The number of anilines is 3. The summed E-state index contributed by atoms with van der Waals surface area (Å²) in [5.74, 6) is 1.72. The summed E-state index contributed by atoms with van der Waals surface area (Å²) >= 11 is 1.60. The zero-order chi connectivity index (χ0) is 19.8. The monoisotopic (exact) mass is 426 g/mol. The Morgan fingerprint density at radius 1 is 1.07 bits per heavy atom. The van der Waals surface area contributed by atoms with E-state index in [-0.39, 0.29) is 11.5 Å². The van der Waals surface area contributed by atoms with Gasteiger partial charge in [0, 0.05) is 35.4 Å². The van der Waals surface area contributed by atoms with Crippen LogP contribution in [0.3, 0.4) is 0 Å². The number of sulfone groups is 1. The van der Waals surface area contributed by atoms with Gasteiger partial charge >= 0.3 is 0 Å². The minimum Gasteiger partial charge on any atom is -0.369 e. The fraction of sp³-hybridized carbons (Fsp3) is 0.211. The van der Waals surface area contributed by atoms with E-state index in [0.29, 0.717) is 24.7 Å². The summed E-state index contributed by atoms with van der Waals surface area (Å²) in [6, 6.07) is 9.90. The van der Waals surface area contributed by atoms with E-state index in [2.05, 4.69) is 30.4 Å². The molecule has 10 heteroatoms. The third-order valence-corrected chi connectivity index (χ3v) is 7.21. The van der Waals surface area contributed by atoms with Crippen molar-refractivity contribution in [1.29, 1.82) is 0 Å².